The Morgan fingerprint density at radius 3 is 2.54 bits per heavy atom. The number of hydrogen-bond acceptors (Lipinski definition) is 1. The maximum Gasteiger partial charge on any atom is 0.251 e. The van der Waals surface area contributed by atoms with Gasteiger partial charge in [0.15, 0.2) is 0 Å². The number of carbonyl (C=O) groups excluding carboxylic acids is 1. The normalized spacial score (nSPS) is 25.3. The molecular weight excluding hydrogens is 186 g/mol. The van der Waals surface area contributed by atoms with Crippen LogP contribution < -0.4 is 5.32 Å². The van der Waals surface area contributed by atoms with Crippen LogP contribution in [0.4, 0.5) is 0 Å². The fraction of sp³-hybridized carbons (Fsp3) is 0.300. The summed E-state index contributed by atoms with van der Waals surface area (Å²) in [6, 6.07) is 9.34. The van der Waals surface area contributed by atoms with E-state index in [9.17, 15) is 4.79 Å². The van der Waals surface area contributed by atoms with Gasteiger partial charge in [0.25, 0.3) is 5.91 Å². The minimum absolute atomic E-state index is 0.0336. The lowest BCUT2D eigenvalue weighted by molar-refractivity contribution is 0.0951. The molecule has 1 aliphatic carbocycles. The highest BCUT2D eigenvalue weighted by molar-refractivity contribution is 6.23. The molecule has 1 fully saturated rings. The molecule has 1 N–H and O–H groups in total. The molecule has 0 saturated heterocycles. The van der Waals surface area contributed by atoms with Crippen molar-refractivity contribution < 1.29 is 4.79 Å². The molecule has 0 aromatic heterocycles. The maximum atomic E-state index is 11.5. The number of nitrogens with one attached hydrogen (secondary N) is 1. The van der Waals surface area contributed by atoms with Gasteiger partial charge in [-0.15, -0.1) is 11.6 Å². The van der Waals surface area contributed by atoms with Crippen LogP contribution in [0.1, 0.15) is 16.8 Å². The van der Waals surface area contributed by atoms with Crippen LogP contribution in [0.3, 0.4) is 0 Å². The SMILES string of the molecule is O=C(NC1CC1Cl)c1ccccc1. The van der Waals surface area contributed by atoms with Gasteiger partial charge in [0, 0.05) is 11.6 Å². The molecule has 1 aromatic rings. The molecule has 0 spiro atoms. The molecule has 1 aliphatic rings. The molecular formula is C10H10ClNO. The van der Waals surface area contributed by atoms with Crippen LogP contribution in [0, 0.1) is 0 Å². The number of rotatable bonds is 2. The Kier molecular flexibility index (Phi) is 2.23. The Morgan fingerprint density at radius 1 is 1.38 bits per heavy atom. The number of benzene rings is 1. The second-order valence-electron chi connectivity index (χ2n) is 3.20. The molecule has 0 radical (unpaired) electrons. The van der Waals surface area contributed by atoms with E-state index in [2.05, 4.69) is 5.32 Å². The average Bonchev–Trinajstić information content (AvgIpc) is 2.83. The quantitative estimate of drug-likeness (QED) is 0.717. The zero-order valence-electron chi connectivity index (χ0n) is 7.03. The number of alkyl halides is 1. The topological polar surface area (TPSA) is 29.1 Å². The van der Waals surface area contributed by atoms with Gasteiger partial charge in [-0.3, -0.25) is 4.79 Å². The first-order chi connectivity index (χ1) is 6.27. The number of carbonyl (C=O) groups is 1. The average molecular weight is 196 g/mol. The van der Waals surface area contributed by atoms with Crippen LogP contribution in [-0.4, -0.2) is 17.3 Å². The van der Waals surface area contributed by atoms with Gasteiger partial charge in [-0.05, 0) is 18.6 Å². The molecule has 3 heteroatoms. The fourth-order valence-corrected chi connectivity index (χ4v) is 1.41. The number of hydrogen-bond donors (Lipinski definition) is 1. The molecule has 0 bridgehead atoms. The summed E-state index contributed by atoms with van der Waals surface area (Å²) in [4.78, 5) is 11.5. The van der Waals surface area contributed by atoms with Gasteiger partial charge < -0.3 is 5.32 Å². The van der Waals surface area contributed by atoms with Crippen LogP contribution in [0.5, 0.6) is 0 Å². The summed E-state index contributed by atoms with van der Waals surface area (Å²) < 4.78 is 0. The summed E-state index contributed by atoms with van der Waals surface area (Å²) in [5, 5.41) is 2.98. The van der Waals surface area contributed by atoms with E-state index in [1.165, 1.54) is 0 Å². The fourth-order valence-electron chi connectivity index (χ4n) is 1.15. The molecule has 1 amide bonds. The van der Waals surface area contributed by atoms with Crippen molar-refractivity contribution in [1.82, 2.24) is 5.32 Å². The van der Waals surface area contributed by atoms with Gasteiger partial charge in [0.05, 0.1) is 5.38 Å². The molecule has 2 atom stereocenters. The van der Waals surface area contributed by atoms with Gasteiger partial charge in [0.1, 0.15) is 0 Å². The van der Waals surface area contributed by atoms with Crippen molar-refractivity contribution in [2.24, 2.45) is 0 Å². The zero-order valence-corrected chi connectivity index (χ0v) is 7.79. The standard InChI is InChI=1S/C10H10ClNO/c11-8-6-9(8)12-10(13)7-4-2-1-3-5-7/h1-5,8-9H,6H2,(H,12,13). The predicted molar refractivity (Wildman–Crippen MR) is 52.0 cm³/mol. The smallest absolute Gasteiger partial charge is 0.251 e. The van der Waals surface area contributed by atoms with Gasteiger partial charge in [-0.25, -0.2) is 0 Å². The van der Waals surface area contributed by atoms with Crippen molar-refractivity contribution in [3.63, 3.8) is 0 Å². The van der Waals surface area contributed by atoms with E-state index in [0.717, 1.165) is 6.42 Å². The van der Waals surface area contributed by atoms with Crippen molar-refractivity contribution in [3.8, 4) is 0 Å². The second kappa shape index (κ2) is 3.38. The Labute approximate surface area is 81.9 Å². The molecule has 0 heterocycles. The van der Waals surface area contributed by atoms with E-state index >= 15 is 0 Å². The minimum atomic E-state index is -0.0336. The maximum absolute atomic E-state index is 11.5. The first kappa shape index (κ1) is 8.57. The molecule has 1 saturated carbocycles. The van der Waals surface area contributed by atoms with Crippen LogP contribution in [-0.2, 0) is 0 Å². The molecule has 13 heavy (non-hydrogen) atoms. The van der Waals surface area contributed by atoms with Crippen molar-refractivity contribution in [2.45, 2.75) is 17.8 Å². The van der Waals surface area contributed by atoms with E-state index in [0.29, 0.717) is 5.56 Å². The Morgan fingerprint density at radius 2 is 2.00 bits per heavy atom. The summed E-state index contributed by atoms with van der Waals surface area (Å²) in [6.45, 7) is 0. The van der Waals surface area contributed by atoms with E-state index in [1.54, 1.807) is 12.1 Å². The Hall–Kier alpha value is -1.02. The number of halogens is 1. The Balaban J connectivity index is 1.98. The summed E-state index contributed by atoms with van der Waals surface area (Å²) in [5.74, 6) is -0.0336. The summed E-state index contributed by atoms with van der Waals surface area (Å²) in [6.07, 6.45) is 0.889. The number of amides is 1. The van der Waals surface area contributed by atoms with Crippen molar-refractivity contribution in [1.29, 1.82) is 0 Å². The van der Waals surface area contributed by atoms with Gasteiger partial charge in [-0.2, -0.15) is 0 Å². The minimum Gasteiger partial charge on any atom is -0.348 e. The van der Waals surface area contributed by atoms with Crippen LogP contribution in [0.2, 0.25) is 0 Å². The van der Waals surface area contributed by atoms with Gasteiger partial charge in [-0.1, -0.05) is 18.2 Å². The van der Waals surface area contributed by atoms with Crippen molar-refractivity contribution in [3.05, 3.63) is 35.9 Å². The molecule has 2 unspecified atom stereocenters. The highest BCUT2D eigenvalue weighted by Crippen LogP contribution is 2.27. The first-order valence-electron chi connectivity index (χ1n) is 4.27. The van der Waals surface area contributed by atoms with E-state index in [1.807, 2.05) is 18.2 Å². The van der Waals surface area contributed by atoms with E-state index in [-0.39, 0.29) is 17.3 Å². The summed E-state index contributed by atoms with van der Waals surface area (Å²) in [7, 11) is 0. The van der Waals surface area contributed by atoms with Gasteiger partial charge >= 0.3 is 0 Å². The largest absolute Gasteiger partial charge is 0.348 e. The third kappa shape index (κ3) is 2.01. The highest BCUT2D eigenvalue weighted by Gasteiger charge is 2.36. The molecule has 1 aromatic carbocycles. The van der Waals surface area contributed by atoms with E-state index in [4.69, 9.17) is 11.6 Å². The molecule has 2 nitrogen and oxygen atoms in total. The lowest BCUT2D eigenvalue weighted by Crippen LogP contribution is -2.26. The summed E-state index contributed by atoms with van der Waals surface area (Å²) >= 11 is 5.77. The van der Waals surface area contributed by atoms with Crippen LogP contribution in [0.15, 0.2) is 30.3 Å². The predicted octanol–water partition coefficient (Wildman–Crippen LogP) is 1.80. The second-order valence-corrected chi connectivity index (χ2v) is 3.76. The molecule has 0 aliphatic heterocycles. The zero-order chi connectivity index (χ0) is 9.26. The molecule has 68 valence electrons. The Bertz CT molecular complexity index is 312. The van der Waals surface area contributed by atoms with Crippen molar-refractivity contribution >= 4 is 17.5 Å². The highest BCUT2D eigenvalue weighted by atomic mass is 35.5. The van der Waals surface area contributed by atoms with Gasteiger partial charge in [0.2, 0.25) is 0 Å². The molecule has 2 rings (SSSR count). The van der Waals surface area contributed by atoms with Crippen molar-refractivity contribution in [2.75, 3.05) is 0 Å². The third-order valence-corrected chi connectivity index (χ3v) is 2.55. The lowest BCUT2D eigenvalue weighted by atomic mass is 10.2. The monoisotopic (exact) mass is 195 g/mol. The van der Waals surface area contributed by atoms with Crippen LogP contribution in [0.25, 0.3) is 0 Å². The third-order valence-electron chi connectivity index (χ3n) is 2.07. The first-order valence-corrected chi connectivity index (χ1v) is 4.71. The van der Waals surface area contributed by atoms with E-state index < -0.39 is 0 Å². The summed E-state index contributed by atoms with van der Waals surface area (Å²) in [5.41, 5.74) is 0.693. The van der Waals surface area contributed by atoms with Crippen LogP contribution >= 0.6 is 11.6 Å². The lowest BCUT2D eigenvalue weighted by Gasteiger charge is -2.01.